The van der Waals surface area contributed by atoms with Gasteiger partial charge in [0.2, 0.25) is 0 Å². The fraction of sp³-hybridized carbons (Fsp3) is 0. The van der Waals surface area contributed by atoms with E-state index in [1.165, 1.54) is 6.20 Å². The van der Waals surface area contributed by atoms with Crippen molar-refractivity contribution in [3.8, 4) is 6.07 Å². The largest absolute Gasteiger partial charge is 0.397 e. The fourth-order valence-electron chi connectivity index (χ4n) is 1.31. The molecule has 0 saturated carbocycles. The quantitative estimate of drug-likeness (QED) is 0.852. The molecule has 17 heavy (non-hydrogen) atoms. The van der Waals surface area contributed by atoms with E-state index in [2.05, 4.69) is 16.4 Å². The van der Waals surface area contributed by atoms with Crippen molar-refractivity contribution in [1.82, 2.24) is 4.98 Å². The predicted octanol–water partition coefficient (Wildman–Crippen LogP) is 2.93. The molecule has 1 heterocycles. The monoisotopic (exact) mass is 244 g/mol. The van der Waals surface area contributed by atoms with Crippen LogP contribution in [0, 0.1) is 11.3 Å². The van der Waals surface area contributed by atoms with Crippen LogP contribution in [0.15, 0.2) is 36.5 Å². The summed E-state index contributed by atoms with van der Waals surface area (Å²) in [5.74, 6) is 0.533. The molecule has 3 N–H and O–H groups in total. The summed E-state index contributed by atoms with van der Waals surface area (Å²) in [4.78, 5) is 4.08. The maximum absolute atomic E-state index is 8.68. The molecular weight excluding hydrogens is 236 g/mol. The van der Waals surface area contributed by atoms with Crippen molar-refractivity contribution in [3.63, 3.8) is 0 Å². The summed E-state index contributed by atoms with van der Waals surface area (Å²) in [6, 6.07) is 10.7. The van der Waals surface area contributed by atoms with E-state index in [0.29, 0.717) is 22.1 Å². The van der Waals surface area contributed by atoms with Crippen LogP contribution in [0.5, 0.6) is 0 Å². The highest BCUT2D eigenvalue weighted by Crippen LogP contribution is 2.24. The summed E-state index contributed by atoms with van der Waals surface area (Å²) in [6.45, 7) is 0. The lowest BCUT2D eigenvalue weighted by atomic mass is 10.2. The van der Waals surface area contributed by atoms with E-state index in [-0.39, 0.29) is 0 Å². The Morgan fingerprint density at radius 3 is 2.59 bits per heavy atom. The standard InChI is InChI=1S/C12H9ClN4/c13-11-5-9(15)7-16-12(11)17-10-3-1-8(6-14)2-4-10/h1-5,7H,15H2,(H,16,17). The molecule has 0 unspecified atom stereocenters. The lowest BCUT2D eigenvalue weighted by molar-refractivity contribution is 1.31. The topological polar surface area (TPSA) is 74.7 Å². The highest BCUT2D eigenvalue weighted by atomic mass is 35.5. The predicted molar refractivity (Wildman–Crippen MR) is 68.1 cm³/mol. The van der Waals surface area contributed by atoms with Crippen LogP contribution in [0.2, 0.25) is 5.02 Å². The third-order valence-electron chi connectivity index (χ3n) is 2.14. The number of nitrogens with two attached hydrogens (primary N) is 1. The molecule has 1 aromatic carbocycles. The summed E-state index contributed by atoms with van der Waals surface area (Å²) in [7, 11) is 0. The van der Waals surface area contributed by atoms with E-state index in [4.69, 9.17) is 22.6 Å². The number of nitriles is 1. The van der Waals surface area contributed by atoms with E-state index in [1.54, 1.807) is 30.3 Å². The van der Waals surface area contributed by atoms with Gasteiger partial charge in [0.05, 0.1) is 28.5 Å². The van der Waals surface area contributed by atoms with Gasteiger partial charge < -0.3 is 11.1 Å². The molecule has 4 nitrogen and oxygen atoms in total. The Hall–Kier alpha value is -2.25. The summed E-state index contributed by atoms with van der Waals surface area (Å²) in [5, 5.41) is 12.2. The fourth-order valence-corrected chi connectivity index (χ4v) is 1.53. The van der Waals surface area contributed by atoms with Crippen molar-refractivity contribution < 1.29 is 0 Å². The van der Waals surface area contributed by atoms with E-state index in [0.717, 1.165) is 5.69 Å². The van der Waals surface area contributed by atoms with Crippen LogP contribution in [-0.2, 0) is 0 Å². The maximum Gasteiger partial charge on any atom is 0.149 e. The lowest BCUT2D eigenvalue weighted by Crippen LogP contribution is -1.96. The van der Waals surface area contributed by atoms with Crippen molar-refractivity contribution in [2.45, 2.75) is 0 Å². The van der Waals surface area contributed by atoms with Gasteiger partial charge in [0.1, 0.15) is 5.82 Å². The zero-order chi connectivity index (χ0) is 12.3. The molecule has 1 aromatic heterocycles. The van der Waals surface area contributed by atoms with Crippen molar-refractivity contribution >= 4 is 28.8 Å². The first-order chi connectivity index (χ1) is 8.19. The zero-order valence-corrected chi connectivity index (χ0v) is 9.57. The van der Waals surface area contributed by atoms with Gasteiger partial charge in [-0.05, 0) is 30.3 Å². The van der Waals surface area contributed by atoms with Gasteiger partial charge in [0.15, 0.2) is 0 Å². The van der Waals surface area contributed by atoms with Gasteiger partial charge in [-0.25, -0.2) is 4.98 Å². The minimum absolute atomic E-state index is 0.453. The average Bonchev–Trinajstić information content (AvgIpc) is 2.34. The van der Waals surface area contributed by atoms with Gasteiger partial charge >= 0.3 is 0 Å². The number of halogens is 1. The number of aromatic nitrogens is 1. The van der Waals surface area contributed by atoms with Crippen LogP contribution in [0.25, 0.3) is 0 Å². The lowest BCUT2D eigenvalue weighted by Gasteiger charge is -2.07. The molecule has 0 aliphatic rings. The number of nitrogens with zero attached hydrogens (tertiary/aromatic N) is 2. The number of benzene rings is 1. The molecule has 0 aliphatic heterocycles. The van der Waals surface area contributed by atoms with E-state index >= 15 is 0 Å². The Kier molecular flexibility index (Phi) is 3.12. The molecule has 2 rings (SSSR count). The van der Waals surface area contributed by atoms with E-state index in [9.17, 15) is 0 Å². The number of nitrogen functional groups attached to an aromatic ring is 1. The van der Waals surface area contributed by atoms with Gasteiger partial charge in [0, 0.05) is 5.69 Å². The third kappa shape index (κ3) is 2.65. The first kappa shape index (κ1) is 11.2. The molecule has 0 bridgehead atoms. The molecule has 0 aliphatic carbocycles. The number of hydrogen-bond donors (Lipinski definition) is 2. The molecule has 0 saturated heterocycles. The van der Waals surface area contributed by atoms with Crippen LogP contribution in [0.1, 0.15) is 5.56 Å². The molecule has 2 aromatic rings. The molecule has 0 fully saturated rings. The van der Waals surface area contributed by atoms with Crippen molar-refractivity contribution in [1.29, 1.82) is 5.26 Å². The first-order valence-electron chi connectivity index (χ1n) is 4.87. The average molecular weight is 245 g/mol. The van der Waals surface area contributed by atoms with Crippen molar-refractivity contribution in [3.05, 3.63) is 47.1 Å². The third-order valence-corrected chi connectivity index (χ3v) is 2.43. The summed E-state index contributed by atoms with van der Waals surface area (Å²) >= 11 is 5.98. The number of nitrogens with one attached hydrogen (secondary N) is 1. The zero-order valence-electron chi connectivity index (χ0n) is 8.81. The van der Waals surface area contributed by atoms with Crippen LogP contribution >= 0.6 is 11.6 Å². The van der Waals surface area contributed by atoms with Crippen molar-refractivity contribution in [2.24, 2.45) is 0 Å². The van der Waals surface area contributed by atoms with Gasteiger partial charge in [-0.2, -0.15) is 5.26 Å². The highest BCUT2D eigenvalue weighted by molar-refractivity contribution is 6.33. The Balaban J connectivity index is 2.23. The second-order valence-corrected chi connectivity index (χ2v) is 3.82. The smallest absolute Gasteiger partial charge is 0.149 e. The molecule has 0 radical (unpaired) electrons. The highest BCUT2D eigenvalue weighted by Gasteiger charge is 2.02. The van der Waals surface area contributed by atoms with E-state index < -0.39 is 0 Å². The SMILES string of the molecule is N#Cc1ccc(Nc2ncc(N)cc2Cl)cc1. The van der Waals surface area contributed by atoms with Crippen LogP contribution < -0.4 is 11.1 Å². The second kappa shape index (κ2) is 4.73. The molecule has 0 amide bonds. The summed E-state index contributed by atoms with van der Waals surface area (Å²) in [6.07, 6.45) is 1.53. The van der Waals surface area contributed by atoms with Crippen molar-refractivity contribution in [2.75, 3.05) is 11.1 Å². The molecule has 0 spiro atoms. The summed E-state index contributed by atoms with van der Waals surface area (Å²) < 4.78 is 0. The van der Waals surface area contributed by atoms with Gasteiger partial charge in [0.25, 0.3) is 0 Å². The number of pyridine rings is 1. The maximum atomic E-state index is 8.68. The normalized spacial score (nSPS) is 9.65. The van der Waals surface area contributed by atoms with Crippen LogP contribution in [-0.4, -0.2) is 4.98 Å². The second-order valence-electron chi connectivity index (χ2n) is 3.41. The van der Waals surface area contributed by atoms with Gasteiger partial charge in [-0.1, -0.05) is 11.6 Å². The Morgan fingerprint density at radius 1 is 1.29 bits per heavy atom. The van der Waals surface area contributed by atoms with E-state index in [1.807, 2.05) is 0 Å². The number of anilines is 3. The molecular formula is C12H9ClN4. The Bertz CT molecular complexity index is 572. The summed E-state index contributed by atoms with van der Waals surface area (Å²) in [5.41, 5.74) is 7.47. The van der Waals surface area contributed by atoms with Gasteiger partial charge in [-0.3, -0.25) is 0 Å². The Morgan fingerprint density at radius 2 is 2.00 bits per heavy atom. The number of hydrogen-bond acceptors (Lipinski definition) is 4. The molecule has 84 valence electrons. The first-order valence-corrected chi connectivity index (χ1v) is 5.25. The van der Waals surface area contributed by atoms with Crippen LogP contribution in [0.3, 0.4) is 0 Å². The Labute approximate surface area is 104 Å². The minimum atomic E-state index is 0.453. The molecule has 5 heteroatoms. The van der Waals surface area contributed by atoms with Gasteiger partial charge in [-0.15, -0.1) is 0 Å². The minimum Gasteiger partial charge on any atom is -0.397 e. The molecule has 0 atom stereocenters. The number of rotatable bonds is 2. The van der Waals surface area contributed by atoms with Crippen LogP contribution in [0.4, 0.5) is 17.2 Å².